The fraction of sp³-hybridized carbons (Fsp3) is 0.409. The fourth-order valence-electron chi connectivity index (χ4n) is 3.74. The number of benzene rings is 1. The van der Waals surface area contributed by atoms with Gasteiger partial charge in [0.25, 0.3) is 0 Å². The van der Waals surface area contributed by atoms with Crippen molar-refractivity contribution in [3.63, 3.8) is 0 Å². The van der Waals surface area contributed by atoms with Crippen molar-refractivity contribution in [2.45, 2.75) is 52.9 Å². The number of methoxy groups -OCH3 is 1. The lowest BCUT2D eigenvalue weighted by Crippen LogP contribution is -2.01. The standard InChI is InChI=1S/C22H27ClN2O/c1-6-15(7-2)16-11-14(4)22-24-21(20(8-3)25(22)13-16)18-10-9-17(26-5)12-19(18)23/h9-13,15H,6-8H2,1-5H3. The number of aromatic nitrogens is 2. The third-order valence-corrected chi connectivity index (χ3v) is 5.56. The number of aryl methyl sites for hydroxylation is 2. The van der Waals surface area contributed by atoms with Crippen molar-refractivity contribution < 1.29 is 4.74 Å². The Bertz CT molecular complexity index is 926. The van der Waals surface area contributed by atoms with E-state index in [2.05, 4.69) is 44.4 Å². The summed E-state index contributed by atoms with van der Waals surface area (Å²) in [5, 5.41) is 0.667. The summed E-state index contributed by atoms with van der Waals surface area (Å²) in [6, 6.07) is 8.08. The molecule has 0 fully saturated rings. The second kappa shape index (κ2) is 7.71. The number of nitrogens with zero attached hydrogens (tertiary/aromatic N) is 2. The summed E-state index contributed by atoms with van der Waals surface area (Å²) in [6.45, 7) is 8.83. The van der Waals surface area contributed by atoms with Crippen LogP contribution < -0.4 is 4.74 Å². The van der Waals surface area contributed by atoms with Gasteiger partial charge in [-0.15, -0.1) is 0 Å². The largest absolute Gasteiger partial charge is 0.497 e. The van der Waals surface area contributed by atoms with Crippen LogP contribution in [0.25, 0.3) is 16.9 Å². The summed E-state index contributed by atoms with van der Waals surface area (Å²) in [6.07, 6.45) is 5.46. The van der Waals surface area contributed by atoms with Gasteiger partial charge in [-0.2, -0.15) is 0 Å². The van der Waals surface area contributed by atoms with Crippen molar-refractivity contribution in [1.29, 1.82) is 0 Å². The van der Waals surface area contributed by atoms with Gasteiger partial charge >= 0.3 is 0 Å². The zero-order valence-corrected chi connectivity index (χ0v) is 17.0. The lowest BCUT2D eigenvalue weighted by Gasteiger charge is -2.15. The average Bonchev–Trinajstić information content (AvgIpc) is 3.01. The van der Waals surface area contributed by atoms with Crippen LogP contribution in [0, 0.1) is 6.92 Å². The number of hydrogen-bond donors (Lipinski definition) is 0. The Morgan fingerprint density at radius 1 is 1.15 bits per heavy atom. The predicted molar refractivity (Wildman–Crippen MR) is 110 cm³/mol. The molecular weight excluding hydrogens is 344 g/mol. The highest BCUT2D eigenvalue weighted by atomic mass is 35.5. The second-order valence-corrected chi connectivity index (χ2v) is 7.18. The number of pyridine rings is 1. The Balaban J connectivity index is 2.23. The first-order valence-electron chi connectivity index (χ1n) is 9.39. The molecule has 3 rings (SSSR count). The molecular formula is C22H27ClN2O. The summed E-state index contributed by atoms with van der Waals surface area (Å²) in [5.74, 6) is 1.34. The maximum absolute atomic E-state index is 6.54. The van der Waals surface area contributed by atoms with Crippen LogP contribution in [-0.2, 0) is 6.42 Å². The van der Waals surface area contributed by atoms with Gasteiger partial charge in [0.05, 0.1) is 23.5 Å². The van der Waals surface area contributed by atoms with Crippen LogP contribution in [0.4, 0.5) is 0 Å². The molecule has 2 aromatic heterocycles. The summed E-state index contributed by atoms with van der Waals surface area (Å²) in [5.41, 5.74) is 6.72. The van der Waals surface area contributed by atoms with Crippen LogP contribution in [0.15, 0.2) is 30.5 Å². The molecule has 0 saturated carbocycles. The van der Waals surface area contributed by atoms with Gasteiger partial charge in [-0.25, -0.2) is 4.98 Å². The zero-order valence-electron chi connectivity index (χ0n) is 16.3. The van der Waals surface area contributed by atoms with Gasteiger partial charge in [0.2, 0.25) is 0 Å². The van der Waals surface area contributed by atoms with Gasteiger partial charge in [0, 0.05) is 11.8 Å². The van der Waals surface area contributed by atoms with E-state index >= 15 is 0 Å². The molecule has 0 aliphatic carbocycles. The van der Waals surface area contributed by atoms with Gasteiger partial charge in [0.15, 0.2) is 0 Å². The first-order valence-corrected chi connectivity index (χ1v) is 9.77. The van der Waals surface area contributed by atoms with E-state index in [1.54, 1.807) is 7.11 Å². The fourth-order valence-corrected chi connectivity index (χ4v) is 4.00. The maximum Gasteiger partial charge on any atom is 0.140 e. The number of fused-ring (bicyclic) bond motifs is 1. The maximum atomic E-state index is 6.54. The van der Waals surface area contributed by atoms with Gasteiger partial charge in [-0.05, 0) is 61.4 Å². The van der Waals surface area contributed by atoms with E-state index in [1.807, 2.05) is 18.2 Å². The van der Waals surface area contributed by atoms with E-state index in [9.17, 15) is 0 Å². The van der Waals surface area contributed by atoms with Crippen molar-refractivity contribution in [2.24, 2.45) is 0 Å². The van der Waals surface area contributed by atoms with Gasteiger partial charge < -0.3 is 9.14 Å². The molecule has 0 aliphatic heterocycles. The average molecular weight is 371 g/mol. The van der Waals surface area contributed by atoms with E-state index in [4.69, 9.17) is 21.3 Å². The normalized spacial score (nSPS) is 11.5. The minimum atomic E-state index is 0.582. The van der Waals surface area contributed by atoms with E-state index in [-0.39, 0.29) is 0 Å². The van der Waals surface area contributed by atoms with Crippen LogP contribution in [0.2, 0.25) is 5.02 Å². The highest BCUT2D eigenvalue weighted by Gasteiger charge is 2.18. The van der Waals surface area contributed by atoms with Crippen molar-refractivity contribution in [3.8, 4) is 17.0 Å². The highest BCUT2D eigenvalue weighted by Crippen LogP contribution is 2.35. The molecule has 0 radical (unpaired) electrons. The molecule has 26 heavy (non-hydrogen) atoms. The van der Waals surface area contributed by atoms with E-state index in [0.717, 1.165) is 41.9 Å². The molecule has 0 unspecified atom stereocenters. The van der Waals surface area contributed by atoms with Crippen molar-refractivity contribution in [1.82, 2.24) is 9.38 Å². The molecule has 1 aromatic carbocycles. The van der Waals surface area contributed by atoms with Crippen LogP contribution >= 0.6 is 11.6 Å². The minimum absolute atomic E-state index is 0.582. The Labute approximate surface area is 161 Å². The quantitative estimate of drug-likeness (QED) is 0.499. The summed E-state index contributed by atoms with van der Waals surface area (Å²) >= 11 is 6.54. The minimum Gasteiger partial charge on any atom is -0.497 e. The SMILES string of the molecule is CCc1c(-c2ccc(OC)cc2Cl)nc2c(C)cc(C(CC)CC)cn12. The van der Waals surface area contributed by atoms with Gasteiger partial charge in [-0.3, -0.25) is 0 Å². The van der Waals surface area contributed by atoms with Crippen LogP contribution in [0.5, 0.6) is 5.75 Å². The monoisotopic (exact) mass is 370 g/mol. The Morgan fingerprint density at radius 2 is 1.88 bits per heavy atom. The molecule has 3 nitrogen and oxygen atoms in total. The van der Waals surface area contributed by atoms with Crippen molar-refractivity contribution in [3.05, 3.63) is 52.3 Å². The lowest BCUT2D eigenvalue weighted by molar-refractivity contribution is 0.415. The smallest absolute Gasteiger partial charge is 0.140 e. The van der Waals surface area contributed by atoms with E-state index in [0.29, 0.717) is 10.9 Å². The number of ether oxygens (including phenoxy) is 1. The van der Waals surface area contributed by atoms with Crippen molar-refractivity contribution >= 4 is 17.2 Å². The number of hydrogen-bond acceptors (Lipinski definition) is 2. The molecule has 0 spiro atoms. The zero-order chi connectivity index (χ0) is 18.8. The summed E-state index contributed by atoms with van der Waals surface area (Å²) < 4.78 is 7.54. The van der Waals surface area contributed by atoms with E-state index < -0.39 is 0 Å². The molecule has 0 N–H and O–H groups in total. The number of rotatable bonds is 6. The second-order valence-electron chi connectivity index (χ2n) is 6.77. The molecule has 138 valence electrons. The van der Waals surface area contributed by atoms with Crippen LogP contribution in [0.1, 0.15) is 56.4 Å². The molecule has 4 heteroatoms. The predicted octanol–water partition coefficient (Wildman–Crippen LogP) is 6.44. The van der Waals surface area contributed by atoms with Crippen LogP contribution in [0.3, 0.4) is 0 Å². The van der Waals surface area contributed by atoms with Crippen molar-refractivity contribution in [2.75, 3.05) is 7.11 Å². The Hall–Kier alpha value is -2.00. The molecule has 3 aromatic rings. The molecule has 2 heterocycles. The molecule has 0 bridgehead atoms. The number of imidazole rings is 1. The Kier molecular flexibility index (Phi) is 5.57. The third-order valence-electron chi connectivity index (χ3n) is 5.25. The molecule has 0 saturated heterocycles. The molecule has 0 aliphatic rings. The molecule has 0 amide bonds. The first-order chi connectivity index (χ1) is 12.5. The Morgan fingerprint density at radius 3 is 2.46 bits per heavy atom. The third kappa shape index (κ3) is 3.21. The summed E-state index contributed by atoms with van der Waals surface area (Å²) in [7, 11) is 1.65. The highest BCUT2D eigenvalue weighted by molar-refractivity contribution is 6.33. The summed E-state index contributed by atoms with van der Waals surface area (Å²) in [4.78, 5) is 4.96. The van der Waals surface area contributed by atoms with Gasteiger partial charge in [-0.1, -0.05) is 38.4 Å². The lowest BCUT2D eigenvalue weighted by atomic mass is 9.94. The molecule has 0 atom stereocenters. The number of halogens is 1. The first kappa shape index (κ1) is 18.8. The van der Waals surface area contributed by atoms with Crippen LogP contribution in [-0.4, -0.2) is 16.5 Å². The van der Waals surface area contributed by atoms with Gasteiger partial charge in [0.1, 0.15) is 11.4 Å². The van der Waals surface area contributed by atoms with E-state index in [1.165, 1.54) is 16.8 Å². The topological polar surface area (TPSA) is 26.5 Å².